The van der Waals surface area contributed by atoms with Crippen LogP contribution in [0.25, 0.3) is 0 Å². The summed E-state index contributed by atoms with van der Waals surface area (Å²) in [5, 5.41) is 26.5. The number of rotatable bonds is 5. The lowest BCUT2D eigenvalue weighted by atomic mass is 10.1. The molecule has 0 amide bonds. The maximum absolute atomic E-state index is 12.9. The van der Waals surface area contributed by atoms with E-state index < -0.39 is 6.10 Å². The number of aliphatic hydroxyl groups is 2. The molecular formula is C11H12FNO2S. The highest BCUT2D eigenvalue weighted by molar-refractivity contribution is 7.98. The van der Waals surface area contributed by atoms with Crippen molar-refractivity contribution in [2.45, 2.75) is 11.9 Å². The van der Waals surface area contributed by atoms with Gasteiger partial charge in [-0.1, -0.05) is 0 Å². The summed E-state index contributed by atoms with van der Waals surface area (Å²) in [6.45, 7) is -0.290. The Morgan fingerprint density at radius 2 is 2.25 bits per heavy atom. The van der Waals surface area contributed by atoms with Crippen LogP contribution in [0.15, 0.2) is 18.2 Å². The SMILES string of the molecule is N#Cc1ccc(F)cc1CSCC(O)CO. The molecule has 0 bridgehead atoms. The van der Waals surface area contributed by atoms with Crippen LogP contribution in [-0.4, -0.2) is 28.7 Å². The molecule has 0 aliphatic rings. The van der Waals surface area contributed by atoms with Crippen LogP contribution in [-0.2, 0) is 5.75 Å². The average Bonchev–Trinajstić information content (AvgIpc) is 2.29. The van der Waals surface area contributed by atoms with Crippen molar-refractivity contribution in [1.29, 1.82) is 5.26 Å². The summed E-state index contributed by atoms with van der Waals surface area (Å²) in [5.41, 5.74) is 1.05. The normalized spacial score (nSPS) is 12.1. The number of nitrogens with zero attached hydrogens (tertiary/aromatic N) is 1. The van der Waals surface area contributed by atoms with E-state index in [1.165, 1.54) is 30.0 Å². The highest BCUT2D eigenvalue weighted by Gasteiger charge is 2.06. The first-order valence-corrected chi connectivity index (χ1v) is 5.88. The Morgan fingerprint density at radius 3 is 2.88 bits per heavy atom. The Balaban J connectivity index is 2.59. The van der Waals surface area contributed by atoms with E-state index in [1.807, 2.05) is 6.07 Å². The standard InChI is InChI=1S/C11H12FNO2S/c12-10-2-1-8(4-13)9(3-10)6-16-7-11(15)5-14/h1-3,11,14-15H,5-7H2. The maximum atomic E-state index is 12.9. The van der Waals surface area contributed by atoms with Crippen molar-refractivity contribution in [1.82, 2.24) is 0 Å². The van der Waals surface area contributed by atoms with Crippen molar-refractivity contribution >= 4 is 11.8 Å². The number of nitriles is 1. The quantitative estimate of drug-likeness (QED) is 0.815. The Bertz CT molecular complexity index is 392. The lowest BCUT2D eigenvalue weighted by Crippen LogP contribution is -2.14. The first-order chi connectivity index (χ1) is 7.67. The van der Waals surface area contributed by atoms with Gasteiger partial charge in [0.05, 0.1) is 24.3 Å². The molecule has 86 valence electrons. The summed E-state index contributed by atoms with van der Waals surface area (Å²) in [6.07, 6.45) is -0.774. The second-order valence-electron chi connectivity index (χ2n) is 3.26. The van der Waals surface area contributed by atoms with E-state index in [0.717, 1.165) is 0 Å². The Labute approximate surface area is 97.5 Å². The first kappa shape index (κ1) is 13.0. The topological polar surface area (TPSA) is 64.2 Å². The fourth-order valence-electron chi connectivity index (χ4n) is 1.15. The molecule has 2 N–H and O–H groups in total. The molecule has 0 fully saturated rings. The molecule has 0 radical (unpaired) electrons. The van der Waals surface area contributed by atoms with Gasteiger partial charge >= 0.3 is 0 Å². The van der Waals surface area contributed by atoms with E-state index in [0.29, 0.717) is 22.6 Å². The maximum Gasteiger partial charge on any atom is 0.123 e. The average molecular weight is 241 g/mol. The summed E-state index contributed by atoms with van der Waals surface area (Å²) in [4.78, 5) is 0. The number of hydrogen-bond acceptors (Lipinski definition) is 4. The van der Waals surface area contributed by atoms with Crippen LogP contribution in [0.3, 0.4) is 0 Å². The molecule has 1 rings (SSSR count). The third kappa shape index (κ3) is 3.81. The minimum absolute atomic E-state index is 0.290. The van der Waals surface area contributed by atoms with Gasteiger partial charge < -0.3 is 10.2 Å². The smallest absolute Gasteiger partial charge is 0.123 e. The number of halogens is 1. The molecule has 1 atom stereocenters. The molecule has 1 unspecified atom stereocenters. The summed E-state index contributed by atoms with van der Waals surface area (Å²) >= 11 is 1.35. The van der Waals surface area contributed by atoms with Crippen molar-refractivity contribution < 1.29 is 14.6 Å². The highest BCUT2D eigenvalue weighted by atomic mass is 32.2. The Hall–Kier alpha value is -1.09. The minimum atomic E-state index is -0.774. The lowest BCUT2D eigenvalue weighted by Gasteiger charge is -2.07. The molecular weight excluding hydrogens is 229 g/mol. The van der Waals surface area contributed by atoms with Gasteiger partial charge in [-0.25, -0.2) is 4.39 Å². The van der Waals surface area contributed by atoms with Crippen molar-refractivity contribution in [3.63, 3.8) is 0 Å². The molecule has 1 aromatic rings. The molecule has 1 aromatic carbocycles. The third-order valence-corrected chi connectivity index (χ3v) is 3.10. The zero-order valence-electron chi connectivity index (χ0n) is 8.56. The van der Waals surface area contributed by atoms with Crippen molar-refractivity contribution in [2.75, 3.05) is 12.4 Å². The van der Waals surface area contributed by atoms with E-state index in [4.69, 9.17) is 15.5 Å². The zero-order chi connectivity index (χ0) is 12.0. The zero-order valence-corrected chi connectivity index (χ0v) is 9.38. The predicted molar refractivity (Wildman–Crippen MR) is 60.4 cm³/mol. The molecule has 5 heteroatoms. The Kier molecular flexibility index (Phi) is 5.26. The van der Waals surface area contributed by atoms with E-state index in [9.17, 15) is 4.39 Å². The van der Waals surface area contributed by atoms with Gasteiger partial charge in [0.25, 0.3) is 0 Å². The van der Waals surface area contributed by atoms with Crippen LogP contribution in [0.1, 0.15) is 11.1 Å². The van der Waals surface area contributed by atoms with Gasteiger partial charge in [0.15, 0.2) is 0 Å². The number of benzene rings is 1. The Morgan fingerprint density at radius 1 is 1.50 bits per heavy atom. The number of thioether (sulfide) groups is 1. The van der Waals surface area contributed by atoms with Gasteiger partial charge in [0.1, 0.15) is 5.82 Å². The summed E-state index contributed by atoms with van der Waals surface area (Å²) in [5.74, 6) is 0.424. The first-order valence-electron chi connectivity index (χ1n) is 4.72. The van der Waals surface area contributed by atoms with Crippen LogP contribution in [0.5, 0.6) is 0 Å². The van der Waals surface area contributed by atoms with Gasteiger partial charge in [0, 0.05) is 11.5 Å². The number of hydrogen-bond donors (Lipinski definition) is 2. The van der Waals surface area contributed by atoms with E-state index in [1.54, 1.807) is 0 Å². The van der Waals surface area contributed by atoms with Crippen LogP contribution < -0.4 is 0 Å². The van der Waals surface area contributed by atoms with Crippen LogP contribution in [0, 0.1) is 17.1 Å². The van der Waals surface area contributed by atoms with E-state index >= 15 is 0 Å². The molecule has 0 saturated heterocycles. The minimum Gasteiger partial charge on any atom is -0.394 e. The molecule has 0 heterocycles. The fraction of sp³-hybridized carbons (Fsp3) is 0.364. The molecule has 3 nitrogen and oxygen atoms in total. The second-order valence-corrected chi connectivity index (χ2v) is 4.30. The highest BCUT2D eigenvalue weighted by Crippen LogP contribution is 2.18. The van der Waals surface area contributed by atoms with Crippen molar-refractivity contribution in [3.05, 3.63) is 35.1 Å². The molecule has 0 saturated carbocycles. The lowest BCUT2D eigenvalue weighted by molar-refractivity contribution is 0.113. The third-order valence-electron chi connectivity index (χ3n) is 1.97. The van der Waals surface area contributed by atoms with Crippen molar-refractivity contribution in [3.8, 4) is 6.07 Å². The molecule has 16 heavy (non-hydrogen) atoms. The summed E-state index contributed by atoms with van der Waals surface area (Å²) < 4.78 is 12.9. The van der Waals surface area contributed by atoms with Gasteiger partial charge in [-0.05, 0) is 23.8 Å². The molecule has 0 spiro atoms. The van der Waals surface area contributed by atoms with Crippen LogP contribution in [0.2, 0.25) is 0 Å². The fourth-order valence-corrected chi connectivity index (χ4v) is 2.10. The van der Waals surface area contributed by atoms with E-state index in [-0.39, 0.29) is 12.4 Å². The largest absolute Gasteiger partial charge is 0.394 e. The summed E-state index contributed by atoms with van der Waals surface area (Å²) in [7, 11) is 0. The van der Waals surface area contributed by atoms with Gasteiger partial charge in [0.2, 0.25) is 0 Å². The molecule has 0 aliphatic carbocycles. The van der Waals surface area contributed by atoms with Gasteiger partial charge in [-0.2, -0.15) is 17.0 Å². The molecule has 0 aliphatic heterocycles. The van der Waals surface area contributed by atoms with Gasteiger partial charge in [-0.3, -0.25) is 0 Å². The van der Waals surface area contributed by atoms with Crippen LogP contribution >= 0.6 is 11.8 Å². The van der Waals surface area contributed by atoms with E-state index in [2.05, 4.69) is 0 Å². The molecule has 0 aromatic heterocycles. The van der Waals surface area contributed by atoms with Gasteiger partial charge in [-0.15, -0.1) is 0 Å². The monoisotopic (exact) mass is 241 g/mol. The summed E-state index contributed by atoms with van der Waals surface area (Å²) in [6, 6.07) is 5.98. The number of aliphatic hydroxyl groups excluding tert-OH is 2. The van der Waals surface area contributed by atoms with Crippen LogP contribution in [0.4, 0.5) is 4.39 Å². The second kappa shape index (κ2) is 6.48. The predicted octanol–water partition coefficient (Wildman–Crippen LogP) is 1.28. The van der Waals surface area contributed by atoms with Crippen molar-refractivity contribution in [2.24, 2.45) is 0 Å².